The molecule has 0 radical (unpaired) electrons. The Balaban J connectivity index is 1.85. The molecule has 0 aromatic carbocycles. The summed E-state index contributed by atoms with van der Waals surface area (Å²) >= 11 is 0. The predicted octanol–water partition coefficient (Wildman–Crippen LogP) is 2.79. The van der Waals surface area contributed by atoms with E-state index in [-0.39, 0.29) is 16.1 Å². The Morgan fingerprint density at radius 1 is 1.07 bits per heavy atom. The monoisotopic (exact) mass is 390 g/mol. The molecule has 0 atom stereocenters. The van der Waals surface area contributed by atoms with Gasteiger partial charge in [-0.1, -0.05) is 6.07 Å². The van der Waals surface area contributed by atoms with Gasteiger partial charge >= 0.3 is 6.09 Å². The highest BCUT2D eigenvalue weighted by Crippen LogP contribution is 2.26. The van der Waals surface area contributed by atoms with Crippen molar-refractivity contribution in [1.82, 2.24) is 24.3 Å². The minimum absolute atomic E-state index is 0.131. The molecule has 0 aliphatic carbocycles. The molecular formula is C20H26N6O2. The quantitative estimate of drug-likeness (QED) is 0.673. The first-order valence-electron chi connectivity index (χ1n) is 12.6. The first-order valence-corrected chi connectivity index (χ1v) is 8.62. The highest BCUT2D eigenvalue weighted by atomic mass is 16.6. The van der Waals surface area contributed by atoms with Gasteiger partial charge in [-0.2, -0.15) is 10.2 Å². The van der Waals surface area contributed by atoms with Crippen LogP contribution >= 0.6 is 0 Å². The average molecular weight is 391 g/mol. The number of carbonyl (C=O) groups excluding carboxylic acids is 1. The van der Waals surface area contributed by atoms with E-state index in [2.05, 4.69) is 10.2 Å². The van der Waals surface area contributed by atoms with Crippen LogP contribution in [0.2, 0.25) is 0 Å². The van der Waals surface area contributed by atoms with E-state index in [0.29, 0.717) is 4.90 Å². The Hall–Kier alpha value is -3.03. The van der Waals surface area contributed by atoms with Crippen molar-refractivity contribution in [3.05, 3.63) is 36.9 Å². The fourth-order valence-electron chi connectivity index (χ4n) is 2.66. The number of anilines is 1. The van der Waals surface area contributed by atoms with Gasteiger partial charge in [0.2, 0.25) is 0 Å². The van der Waals surface area contributed by atoms with Crippen LogP contribution in [0.5, 0.6) is 0 Å². The molecule has 1 aliphatic heterocycles. The zero-order chi connectivity index (χ0) is 27.1. The van der Waals surface area contributed by atoms with Gasteiger partial charge in [0.15, 0.2) is 0 Å². The van der Waals surface area contributed by atoms with E-state index in [1.807, 2.05) is 0 Å². The average Bonchev–Trinajstić information content (AvgIpc) is 3.31. The summed E-state index contributed by atoms with van der Waals surface area (Å²) in [6, 6.07) is 3.23. The van der Waals surface area contributed by atoms with Crippen LogP contribution < -0.4 is 4.90 Å². The topological polar surface area (TPSA) is 67.9 Å². The van der Waals surface area contributed by atoms with Gasteiger partial charge in [-0.05, 0) is 26.8 Å². The molecule has 28 heavy (non-hydrogen) atoms. The zero-order valence-electron chi connectivity index (χ0n) is 24.0. The van der Waals surface area contributed by atoms with E-state index in [1.54, 1.807) is 42.5 Å². The number of carbonyl (C=O) groups is 1. The minimum Gasteiger partial charge on any atom is -0.444 e. The van der Waals surface area contributed by atoms with Crippen LogP contribution in [0.25, 0.3) is 16.6 Å². The normalized spacial score (nSPS) is 26.7. The van der Waals surface area contributed by atoms with E-state index >= 15 is 0 Å². The molecule has 8 heteroatoms. The predicted molar refractivity (Wildman–Crippen MR) is 107 cm³/mol. The fraction of sp³-hybridized carbons (Fsp3) is 0.450. The molecule has 0 saturated carbocycles. The van der Waals surface area contributed by atoms with Crippen LogP contribution in [0.1, 0.15) is 31.7 Å². The molecule has 3 aromatic heterocycles. The number of hydrogen-bond donors (Lipinski definition) is 0. The minimum atomic E-state index is -3.35. The summed E-state index contributed by atoms with van der Waals surface area (Å²) in [6.45, 7) is -8.76. The number of aryl methyl sites for hydroxylation is 1. The third kappa shape index (κ3) is 3.67. The van der Waals surface area contributed by atoms with E-state index in [9.17, 15) is 4.79 Å². The summed E-state index contributed by atoms with van der Waals surface area (Å²) < 4.78 is 76.5. The lowest BCUT2D eigenvalue weighted by atomic mass is 10.1. The van der Waals surface area contributed by atoms with E-state index in [4.69, 9.17) is 15.7 Å². The van der Waals surface area contributed by atoms with Crippen molar-refractivity contribution in [2.24, 2.45) is 7.05 Å². The number of fused-ring (bicyclic) bond motifs is 1. The maximum atomic E-state index is 12.8. The Morgan fingerprint density at radius 2 is 1.82 bits per heavy atom. The van der Waals surface area contributed by atoms with Crippen LogP contribution in [0.15, 0.2) is 36.9 Å². The van der Waals surface area contributed by atoms with Crippen LogP contribution in [-0.4, -0.2) is 62.0 Å². The lowest BCUT2D eigenvalue weighted by Crippen LogP contribution is -2.50. The van der Waals surface area contributed by atoms with Crippen molar-refractivity contribution in [3.63, 3.8) is 0 Å². The number of amides is 1. The number of pyridine rings is 1. The number of aromatic nitrogens is 4. The highest BCUT2D eigenvalue weighted by molar-refractivity contribution is 5.76. The van der Waals surface area contributed by atoms with Gasteiger partial charge in [-0.3, -0.25) is 4.68 Å². The number of piperazine rings is 1. The first-order chi connectivity index (χ1) is 16.3. The smallest absolute Gasteiger partial charge is 0.410 e. The third-order valence-corrected chi connectivity index (χ3v) is 3.90. The summed E-state index contributed by atoms with van der Waals surface area (Å²) in [7, 11) is 1.76. The van der Waals surface area contributed by atoms with Crippen LogP contribution in [0.3, 0.4) is 0 Å². The van der Waals surface area contributed by atoms with Gasteiger partial charge in [-0.15, -0.1) is 0 Å². The largest absolute Gasteiger partial charge is 0.444 e. The third-order valence-electron chi connectivity index (χ3n) is 3.90. The molecule has 4 rings (SSSR count). The van der Waals surface area contributed by atoms with Crippen molar-refractivity contribution < 1.29 is 20.5 Å². The number of rotatable bonds is 2. The van der Waals surface area contributed by atoms with Gasteiger partial charge in [0.25, 0.3) is 0 Å². The Labute approximate surface area is 175 Å². The van der Waals surface area contributed by atoms with E-state index in [1.165, 1.54) is 25.3 Å². The molecule has 1 saturated heterocycles. The van der Waals surface area contributed by atoms with Crippen molar-refractivity contribution in [3.8, 4) is 11.1 Å². The standard InChI is InChI=1S/C20H26N6O2/c1-20(2,3)28-19(27)25-9-7-24(8-10-25)18-12-22-26-14-15(5-6-17(18)26)16-11-21-23(4)13-16/h5-6,11-14H,7-10H2,1-4H3/i7D2,8D2,9D2,10D2. The second kappa shape index (κ2) is 6.85. The molecule has 148 valence electrons. The lowest BCUT2D eigenvalue weighted by molar-refractivity contribution is 0.0241. The summed E-state index contributed by atoms with van der Waals surface area (Å²) in [6.07, 6.45) is 4.64. The van der Waals surface area contributed by atoms with Crippen molar-refractivity contribution in [2.75, 3.05) is 30.9 Å². The van der Waals surface area contributed by atoms with Gasteiger partial charge < -0.3 is 14.5 Å². The molecule has 8 nitrogen and oxygen atoms in total. The summed E-state index contributed by atoms with van der Waals surface area (Å²) in [5, 5.41) is 8.30. The van der Waals surface area contributed by atoms with Gasteiger partial charge in [0.1, 0.15) is 5.60 Å². The molecule has 0 spiro atoms. The molecule has 1 fully saturated rings. The zero-order valence-corrected chi connectivity index (χ0v) is 16.0. The van der Waals surface area contributed by atoms with E-state index in [0.717, 1.165) is 17.3 Å². The lowest BCUT2D eigenvalue weighted by Gasteiger charge is -2.36. The Kier molecular flexibility index (Phi) is 2.71. The SMILES string of the molecule is [2H]C1([2H])N(C(=O)OC(C)(C)C)C([2H])([2H])C([2H])([2H])N(c2cnn3cc(-c4cnn(C)c4)ccc23)C1([2H])[2H]. The first kappa shape index (κ1) is 11.1. The molecule has 4 heterocycles. The maximum Gasteiger partial charge on any atom is 0.410 e. The molecule has 1 aliphatic rings. The summed E-state index contributed by atoms with van der Waals surface area (Å²) in [4.78, 5) is 13.1. The molecule has 0 N–H and O–H groups in total. The molecule has 3 aromatic rings. The van der Waals surface area contributed by atoms with Gasteiger partial charge in [-0.25, -0.2) is 9.31 Å². The summed E-state index contributed by atoms with van der Waals surface area (Å²) in [5.74, 6) is 0. The van der Waals surface area contributed by atoms with Crippen LogP contribution in [-0.2, 0) is 11.8 Å². The second-order valence-electron chi connectivity index (χ2n) is 7.28. The maximum absolute atomic E-state index is 12.8. The summed E-state index contributed by atoms with van der Waals surface area (Å²) in [5.41, 5.74) is 0.346. The van der Waals surface area contributed by atoms with E-state index < -0.39 is 37.7 Å². The van der Waals surface area contributed by atoms with Crippen LogP contribution in [0.4, 0.5) is 10.5 Å². The van der Waals surface area contributed by atoms with Crippen LogP contribution in [0, 0.1) is 0 Å². The Bertz CT molecular complexity index is 1300. The van der Waals surface area contributed by atoms with Crippen molar-refractivity contribution >= 4 is 17.3 Å². The number of ether oxygens (including phenoxy) is 1. The molecular weight excluding hydrogens is 356 g/mol. The molecule has 1 amide bonds. The van der Waals surface area contributed by atoms with Gasteiger partial charge in [0, 0.05) is 56.6 Å². The molecule has 0 bridgehead atoms. The number of hydrogen-bond acceptors (Lipinski definition) is 5. The van der Waals surface area contributed by atoms with Crippen molar-refractivity contribution in [2.45, 2.75) is 26.4 Å². The molecule has 0 unspecified atom stereocenters. The van der Waals surface area contributed by atoms with Crippen molar-refractivity contribution in [1.29, 1.82) is 0 Å². The van der Waals surface area contributed by atoms with Gasteiger partial charge in [0.05, 0.1) is 34.6 Å². The Morgan fingerprint density at radius 3 is 2.46 bits per heavy atom. The highest BCUT2D eigenvalue weighted by Gasteiger charge is 2.26. The second-order valence-corrected chi connectivity index (χ2v) is 7.28. The number of nitrogens with zero attached hydrogens (tertiary/aromatic N) is 6. The fourth-order valence-corrected chi connectivity index (χ4v) is 2.66.